The van der Waals surface area contributed by atoms with Gasteiger partial charge in [0.1, 0.15) is 0 Å². The minimum absolute atomic E-state index is 0.156. The van der Waals surface area contributed by atoms with Gasteiger partial charge in [-0.05, 0) is 37.7 Å². The molecule has 1 aromatic carbocycles. The van der Waals surface area contributed by atoms with Crippen LogP contribution in [0.3, 0.4) is 0 Å². The van der Waals surface area contributed by atoms with Gasteiger partial charge in [-0.25, -0.2) is 8.78 Å². The van der Waals surface area contributed by atoms with Gasteiger partial charge < -0.3 is 9.64 Å². The summed E-state index contributed by atoms with van der Waals surface area (Å²) in [5.74, 6) is -3.35. The molecule has 4 heteroatoms. The molecule has 1 atom stereocenters. The van der Waals surface area contributed by atoms with Gasteiger partial charge in [-0.1, -0.05) is 30.3 Å². The quantitative estimate of drug-likeness (QED) is 0.805. The van der Waals surface area contributed by atoms with Gasteiger partial charge in [0.15, 0.2) is 0 Å². The highest BCUT2D eigenvalue weighted by molar-refractivity contribution is 5.31. The summed E-state index contributed by atoms with van der Waals surface area (Å²) in [4.78, 5) is 2.44. The second-order valence-electron chi connectivity index (χ2n) is 6.86. The average Bonchev–Trinajstić information content (AvgIpc) is 3.19. The number of rotatable bonds is 3. The van der Waals surface area contributed by atoms with Crippen LogP contribution in [-0.2, 0) is 10.7 Å². The van der Waals surface area contributed by atoms with Gasteiger partial charge in [0, 0.05) is 36.9 Å². The van der Waals surface area contributed by atoms with Crippen LogP contribution in [0.25, 0.3) is 0 Å². The Morgan fingerprint density at radius 1 is 1.04 bits per heavy atom. The number of benzene rings is 1. The van der Waals surface area contributed by atoms with Crippen LogP contribution in [0.5, 0.6) is 0 Å². The summed E-state index contributed by atoms with van der Waals surface area (Å²) in [6.45, 7) is 1.97. The number of hydrogen-bond acceptors (Lipinski definition) is 2. The van der Waals surface area contributed by atoms with Crippen molar-refractivity contribution in [3.8, 4) is 0 Å². The lowest BCUT2D eigenvalue weighted by Gasteiger charge is -2.31. The van der Waals surface area contributed by atoms with Crippen LogP contribution in [-0.4, -0.2) is 24.7 Å². The fraction of sp³-hybridized carbons (Fsp3) is 0.579. The minimum atomic E-state index is -2.75. The minimum Gasteiger partial charge on any atom is -0.381 e. The van der Waals surface area contributed by atoms with E-state index in [1.165, 1.54) is 11.3 Å². The molecule has 0 aromatic heterocycles. The number of fused-ring (bicyclic) bond motifs is 1. The largest absolute Gasteiger partial charge is 0.381 e. The summed E-state index contributed by atoms with van der Waals surface area (Å²) in [5.41, 5.74) is 2.76. The number of alkyl halides is 2. The second kappa shape index (κ2) is 5.90. The maximum Gasteiger partial charge on any atom is 0.276 e. The third kappa shape index (κ3) is 2.67. The Morgan fingerprint density at radius 2 is 1.78 bits per heavy atom. The summed E-state index contributed by atoms with van der Waals surface area (Å²) in [6, 6.07) is 7.48. The maximum atomic E-state index is 14.7. The van der Waals surface area contributed by atoms with Crippen molar-refractivity contribution in [2.24, 2.45) is 5.92 Å². The first-order chi connectivity index (χ1) is 11.2. The molecule has 2 saturated heterocycles. The lowest BCUT2D eigenvalue weighted by atomic mass is 9.87. The number of ether oxygens (including phenoxy) is 1. The second-order valence-corrected chi connectivity index (χ2v) is 6.86. The molecule has 0 N–H and O–H groups in total. The summed E-state index contributed by atoms with van der Waals surface area (Å²) in [7, 11) is 0. The van der Waals surface area contributed by atoms with Gasteiger partial charge in [-0.2, -0.15) is 0 Å². The van der Waals surface area contributed by atoms with Crippen LogP contribution in [0, 0.1) is 5.92 Å². The molecule has 4 rings (SSSR count). The normalized spacial score (nSPS) is 25.6. The highest BCUT2D eigenvalue weighted by Crippen LogP contribution is 2.44. The molecule has 0 aliphatic carbocycles. The van der Waals surface area contributed by atoms with Crippen LogP contribution >= 0.6 is 0 Å². The van der Waals surface area contributed by atoms with Crippen LogP contribution in [0.2, 0.25) is 0 Å². The first-order valence-electron chi connectivity index (χ1n) is 8.68. The van der Waals surface area contributed by atoms with E-state index in [1.54, 1.807) is 12.1 Å². The summed E-state index contributed by atoms with van der Waals surface area (Å²) in [6.07, 6.45) is 6.53. The maximum absolute atomic E-state index is 14.7. The lowest BCUT2D eigenvalue weighted by Crippen LogP contribution is -2.31. The van der Waals surface area contributed by atoms with E-state index in [1.807, 2.05) is 12.1 Å². The fourth-order valence-electron chi connectivity index (χ4n) is 4.24. The third-order valence-corrected chi connectivity index (χ3v) is 5.58. The molecule has 124 valence electrons. The van der Waals surface area contributed by atoms with Crippen molar-refractivity contribution in [3.63, 3.8) is 0 Å². The Morgan fingerprint density at radius 3 is 2.52 bits per heavy atom. The van der Waals surface area contributed by atoms with E-state index in [4.69, 9.17) is 4.74 Å². The molecule has 2 nitrogen and oxygen atoms in total. The summed E-state index contributed by atoms with van der Waals surface area (Å²) in [5, 5.41) is 0. The van der Waals surface area contributed by atoms with Crippen LogP contribution in [0.4, 0.5) is 8.78 Å². The van der Waals surface area contributed by atoms with Crippen LogP contribution < -0.4 is 0 Å². The average molecular weight is 319 g/mol. The zero-order chi connectivity index (χ0) is 15.9. The van der Waals surface area contributed by atoms with Gasteiger partial charge in [-0.3, -0.25) is 0 Å². The molecular formula is C19H23F2NO. The zero-order valence-corrected chi connectivity index (χ0v) is 13.3. The van der Waals surface area contributed by atoms with E-state index in [0.29, 0.717) is 32.1 Å². The van der Waals surface area contributed by atoms with E-state index in [2.05, 4.69) is 11.0 Å². The van der Waals surface area contributed by atoms with Crippen LogP contribution in [0.1, 0.15) is 49.3 Å². The molecule has 3 aliphatic heterocycles. The van der Waals surface area contributed by atoms with Crippen molar-refractivity contribution in [1.29, 1.82) is 0 Å². The van der Waals surface area contributed by atoms with Gasteiger partial charge in [0.05, 0.1) is 6.04 Å². The first kappa shape index (κ1) is 15.1. The number of hydrogen-bond donors (Lipinski definition) is 0. The Kier molecular flexibility index (Phi) is 3.88. The number of allylic oxidation sites excluding steroid dienone is 1. The van der Waals surface area contributed by atoms with Crippen LogP contribution in [0.15, 0.2) is 36.0 Å². The van der Waals surface area contributed by atoms with E-state index in [9.17, 15) is 8.78 Å². The van der Waals surface area contributed by atoms with E-state index < -0.39 is 11.8 Å². The van der Waals surface area contributed by atoms with Gasteiger partial charge in [0.25, 0.3) is 5.92 Å². The zero-order valence-electron chi connectivity index (χ0n) is 13.3. The summed E-state index contributed by atoms with van der Waals surface area (Å²) < 4.78 is 34.6. The molecule has 0 bridgehead atoms. The molecule has 3 aliphatic rings. The molecular weight excluding hydrogens is 296 g/mol. The van der Waals surface area contributed by atoms with Crippen molar-refractivity contribution in [3.05, 3.63) is 47.2 Å². The lowest BCUT2D eigenvalue weighted by molar-refractivity contribution is -0.102. The fourth-order valence-corrected chi connectivity index (χ4v) is 4.24. The van der Waals surface area contributed by atoms with Crippen molar-refractivity contribution < 1.29 is 13.5 Å². The van der Waals surface area contributed by atoms with Crippen molar-refractivity contribution >= 4 is 0 Å². The monoisotopic (exact) mass is 319 g/mol. The van der Waals surface area contributed by atoms with Gasteiger partial charge in [0.2, 0.25) is 0 Å². The Labute approximate surface area is 136 Å². The molecule has 2 fully saturated rings. The van der Waals surface area contributed by atoms with Gasteiger partial charge >= 0.3 is 0 Å². The SMILES string of the molecule is FC(F)(c1ccc(C2CCC3=CCCN32)cc1)C1CCOCC1. The molecule has 0 spiro atoms. The third-order valence-electron chi connectivity index (χ3n) is 5.58. The molecule has 1 aromatic rings. The van der Waals surface area contributed by atoms with Crippen molar-refractivity contribution in [2.45, 2.75) is 44.1 Å². The van der Waals surface area contributed by atoms with Gasteiger partial charge in [-0.15, -0.1) is 0 Å². The predicted octanol–water partition coefficient (Wildman–Crippen LogP) is 4.63. The Balaban J connectivity index is 1.52. The highest BCUT2D eigenvalue weighted by atomic mass is 19.3. The van der Waals surface area contributed by atoms with E-state index in [0.717, 1.165) is 25.8 Å². The standard InChI is InChI=1S/C19H23F2NO/c20-19(21,16-9-12-23-13-10-16)15-5-3-14(4-6-15)18-8-7-17-2-1-11-22(17)18/h2-6,16,18H,1,7-13H2. The molecule has 23 heavy (non-hydrogen) atoms. The Hall–Kier alpha value is -1.42. The topological polar surface area (TPSA) is 12.5 Å². The number of nitrogens with zero attached hydrogens (tertiary/aromatic N) is 1. The molecule has 0 saturated carbocycles. The van der Waals surface area contributed by atoms with E-state index >= 15 is 0 Å². The first-order valence-corrected chi connectivity index (χ1v) is 8.68. The molecule has 1 unspecified atom stereocenters. The molecule has 0 amide bonds. The molecule has 3 heterocycles. The van der Waals surface area contributed by atoms with Crippen molar-refractivity contribution in [2.75, 3.05) is 19.8 Å². The van der Waals surface area contributed by atoms with Crippen molar-refractivity contribution in [1.82, 2.24) is 4.90 Å². The highest BCUT2D eigenvalue weighted by Gasteiger charge is 2.42. The predicted molar refractivity (Wildman–Crippen MR) is 85.3 cm³/mol. The smallest absolute Gasteiger partial charge is 0.276 e. The molecule has 0 radical (unpaired) electrons. The van der Waals surface area contributed by atoms with E-state index in [-0.39, 0.29) is 5.56 Å². The Bertz CT molecular complexity index is 590. The summed E-state index contributed by atoms with van der Waals surface area (Å²) >= 11 is 0. The number of halogens is 2.